The van der Waals surface area contributed by atoms with E-state index < -0.39 is 0 Å². The SMILES string of the molecule is Cc1ccc(C(NN)C2CN(C)CCCN2C)c(C)c1. The van der Waals surface area contributed by atoms with Crippen molar-refractivity contribution < 1.29 is 0 Å². The number of rotatable bonds is 3. The van der Waals surface area contributed by atoms with Gasteiger partial charge in [0.05, 0.1) is 6.04 Å². The molecule has 2 atom stereocenters. The summed E-state index contributed by atoms with van der Waals surface area (Å²) in [4.78, 5) is 4.84. The van der Waals surface area contributed by atoms with Crippen molar-refractivity contribution in [3.8, 4) is 0 Å². The summed E-state index contributed by atoms with van der Waals surface area (Å²) in [6.45, 7) is 7.63. The van der Waals surface area contributed by atoms with Crippen LogP contribution in [0.4, 0.5) is 0 Å². The van der Waals surface area contributed by atoms with Crippen molar-refractivity contribution in [2.75, 3.05) is 33.7 Å². The summed E-state index contributed by atoms with van der Waals surface area (Å²) in [5.41, 5.74) is 6.98. The molecule has 0 aromatic heterocycles. The molecule has 0 aliphatic carbocycles. The predicted octanol–water partition coefficient (Wildman–Crippen LogP) is 1.44. The second kappa shape index (κ2) is 6.68. The first-order valence-electron chi connectivity index (χ1n) is 7.45. The Labute approximate surface area is 122 Å². The third-order valence-corrected chi connectivity index (χ3v) is 4.44. The summed E-state index contributed by atoms with van der Waals surface area (Å²) >= 11 is 0. The van der Waals surface area contributed by atoms with Crippen LogP contribution in [0.15, 0.2) is 18.2 Å². The van der Waals surface area contributed by atoms with Gasteiger partial charge < -0.3 is 9.80 Å². The Balaban J connectivity index is 2.29. The van der Waals surface area contributed by atoms with Gasteiger partial charge in [-0.1, -0.05) is 23.8 Å². The molecule has 1 fully saturated rings. The highest BCUT2D eigenvalue weighted by Gasteiger charge is 2.29. The van der Waals surface area contributed by atoms with Crippen molar-refractivity contribution in [3.05, 3.63) is 34.9 Å². The molecule has 0 bridgehead atoms. The van der Waals surface area contributed by atoms with Crippen LogP contribution < -0.4 is 11.3 Å². The van der Waals surface area contributed by atoms with E-state index in [1.165, 1.54) is 23.1 Å². The Morgan fingerprint density at radius 1 is 1.25 bits per heavy atom. The van der Waals surface area contributed by atoms with Crippen molar-refractivity contribution >= 4 is 0 Å². The number of aryl methyl sites for hydroxylation is 2. The molecule has 4 nitrogen and oxygen atoms in total. The lowest BCUT2D eigenvalue weighted by Crippen LogP contribution is -2.49. The van der Waals surface area contributed by atoms with Gasteiger partial charge in [0.2, 0.25) is 0 Å². The molecule has 2 rings (SSSR count). The molecule has 20 heavy (non-hydrogen) atoms. The van der Waals surface area contributed by atoms with Gasteiger partial charge in [0.1, 0.15) is 0 Å². The van der Waals surface area contributed by atoms with E-state index >= 15 is 0 Å². The molecular formula is C16H28N4. The molecule has 1 aromatic carbocycles. The molecule has 1 aliphatic heterocycles. The number of likely N-dealkylation sites (N-methyl/N-ethyl adjacent to an activating group) is 2. The fraction of sp³-hybridized carbons (Fsp3) is 0.625. The lowest BCUT2D eigenvalue weighted by molar-refractivity contribution is 0.178. The molecule has 2 unspecified atom stereocenters. The Hall–Kier alpha value is -0.940. The van der Waals surface area contributed by atoms with Gasteiger partial charge >= 0.3 is 0 Å². The number of nitrogens with two attached hydrogens (primary N) is 1. The molecule has 0 radical (unpaired) electrons. The van der Waals surface area contributed by atoms with E-state index in [2.05, 4.69) is 61.4 Å². The van der Waals surface area contributed by atoms with Crippen LogP contribution in [0.25, 0.3) is 0 Å². The van der Waals surface area contributed by atoms with E-state index in [1.807, 2.05) is 0 Å². The maximum absolute atomic E-state index is 5.91. The predicted molar refractivity (Wildman–Crippen MR) is 84.5 cm³/mol. The van der Waals surface area contributed by atoms with E-state index in [-0.39, 0.29) is 6.04 Å². The molecule has 0 spiro atoms. The number of nitrogens with one attached hydrogen (secondary N) is 1. The molecule has 0 saturated carbocycles. The normalized spacial score (nSPS) is 23.6. The number of hydrazine groups is 1. The third-order valence-electron chi connectivity index (χ3n) is 4.44. The first-order valence-corrected chi connectivity index (χ1v) is 7.45. The fourth-order valence-electron chi connectivity index (χ4n) is 3.25. The average molecular weight is 276 g/mol. The van der Waals surface area contributed by atoms with E-state index in [1.54, 1.807) is 0 Å². The van der Waals surface area contributed by atoms with Crippen molar-refractivity contribution in [1.82, 2.24) is 15.2 Å². The molecule has 1 saturated heterocycles. The van der Waals surface area contributed by atoms with Gasteiger partial charge in [-0.2, -0.15) is 0 Å². The van der Waals surface area contributed by atoms with Crippen LogP contribution in [-0.4, -0.2) is 49.6 Å². The molecule has 0 amide bonds. The smallest absolute Gasteiger partial charge is 0.0630 e. The summed E-state index contributed by atoms with van der Waals surface area (Å²) < 4.78 is 0. The molecule has 1 aromatic rings. The van der Waals surface area contributed by atoms with Crippen LogP contribution in [0.5, 0.6) is 0 Å². The molecule has 112 valence electrons. The average Bonchev–Trinajstić information content (AvgIpc) is 2.55. The highest BCUT2D eigenvalue weighted by molar-refractivity contribution is 5.33. The largest absolute Gasteiger partial charge is 0.305 e. The number of benzene rings is 1. The zero-order valence-corrected chi connectivity index (χ0v) is 13.2. The molecule has 4 heteroatoms. The number of hydrogen-bond donors (Lipinski definition) is 2. The van der Waals surface area contributed by atoms with Crippen molar-refractivity contribution in [1.29, 1.82) is 0 Å². The number of hydrogen-bond acceptors (Lipinski definition) is 4. The second-order valence-corrected chi connectivity index (χ2v) is 6.17. The number of nitrogens with zero attached hydrogens (tertiary/aromatic N) is 2. The van der Waals surface area contributed by atoms with Crippen LogP contribution in [0.2, 0.25) is 0 Å². The zero-order chi connectivity index (χ0) is 14.7. The molecule has 3 N–H and O–H groups in total. The minimum Gasteiger partial charge on any atom is -0.305 e. The highest BCUT2D eigenvalue weighted by Crippen LogP contribution is 2.25. The minimum absolute atomic E-state index is 0.168. The molecule has 1 heterocycles. The Kier molecular flexibility index (Phi) is 5.16. The topological polar surface area (TPSA) is 44.5 Å². The minimum atomic E-state index is 0.168. The fourth-order valence-corrected chi connectivity index (χ4v) is 3.25. The summed E-state index contributed by atoms with van der Waals surface area (Å²) in [5.74, 6) is 5.91. The van der Waals surface area contributed by atoms with Gasteiger partial charge in [-0.25, -0.2) is 0 Å². The maximum atomic E-state index is 5.91. The van der Waals surface area contributed by atoms with Gasteiger partial charge in [-0.05, 0) is 58.6 Å². The summed E-state index contributed by atoms with van der Waals surface area (Å²) in [6.07, 6.45) is 1.22. The first kappa shape index (κ1) is 15.4. The van der Waals surface area contributed by atoms with Crippen molar-refractivity contribution in [2.24, 2.45) is 5.84 Å². The van der Waals surface area contributed by atoms with Gasteiger partial charge in [-0.15, -0.1) is 0 Å². The van der Waals surface area contributed by atoms with Gasteiger partial charge in [0.25, 0.3) is 0 Å². The standard InChI is InChI=1S/C16H28N4/c1-12-6-7-14(13(2)10-12)16(18-17)15-11-19(3)8-5-9-20(15)4/h6-7,10,15-16,18H,5,8-9,11,17H2,1-4H3. The van der Waals surface area contributed by atoms with Crippen molar-refractivity contribution in [3.63, 3.8) is 0 Å². The van der Waals surface area contributed by atoms with E-state index in [4.69, 9.17) is 5.84 Å². The molecular weight excluding hydrogens is 248 g/mol. The van der Waals surface area contributed by atoms with Crippen molar-refractivity contribution in [2.45, 2.75) is 32.4 Å². The lowest BCUT2D eigenvalue weighted by Gasteiger charge is -2.35. The van der Waals surface area contributed by atoms with Gasteiger partial charge in [0.15, 0.2) is 0 Å². The Bertz CT molecular complexity index is 446. The quantitative estimate of drug-likeness (QED) is 0.648. The highest BCUT2D eigenvalue weighted by atomic mass is 15.3. The van der Waals surface area contributed by atoms with Crippen LogP contribution in [-0.2, 0) is 0 Å². The van der Waals surface area contributed by atoms with Crippen LogP contribution >= 0.6 is 0 Å². The van der Waals surface area contributed by atoms with Crippen LogP contribution in [0.1, 0.15) is 29.2 Å². The first-order chi connectivity index (χ1) is 9.52. The second-order valence-electron chi connectivity index (χ2n) is 6.17. The Morgan fingerprint density at radius 2 is 2.00 bits per heavy atom. The Morgan fingerprint density at radius 3 is 2.65 bits per heavy atom. The summed E-state index contributed by atoms with van der Waals surface area (Å²) in [5, 5.41) is 0. The van der Waals surface area contributed by atoms with E-state index in [9.17, 15) is 0 Å². The van der Waals surface area contributed by atoms with E-state index in [0.717, 1.165) is 19.6 Å². The third kappa shape index (κ3) is 3.38. The lowest BCUT2D eigenvalue weighted by atomic mass is 9.93. The van der Waals surface area contributed by atoms with Crippen LogP contribution in [0, 0.1) is 13.8 Å². The summed E-state index contributed by atoms with van der Waals surface area (Å²) in [6, 6.07) is 7.19. The molecule has 1 aliphatic rings. The van der Waals surface area contributed by atoms with Gasteiger partial charge in [0, 0.05) is 12.6 Å². The summed E-state index contributed by atoms with van der Waals surface area (Å²) in [7, 11) is 4.40. The van der Waals surface area contributed by atoms with Crippen LogP contribution in [0.3, 0.4) is 0 Å². The zero-order valence-electron chi connectivity index (χ0n) is 13.2. The van der Waals surface area contributed by atoms with E-state index in [0.29, 0.717) is 6.04 Å². The van der Waals surface area contributed by atoms with Gasteiger partial charge in [-0.3, -0.25) is 11.3 Å². The monoisotopic (exact) mass is 276 g/mol. The maximum Gasteiger partial charge on any atom is 0.0630 e.